The summed E-state index contributed by atoms with van der Waals surface area (Å²) in [6, 6.07) is 7.19. The highest BCUT2D eigenvalue weighted by molar-refractivity contribution is 14.0. The van der Waals surface area contributed by atoms with Crippen molar-refractivity contribution in [3.05, 3.63) is 29.3 Å². The molecule has 1 aromatic rings. The Labute approximate surface area is 178 Å². The summed E-state index contributed by atoms with van der Waals surface area (Å²) in [7, 11) is 1.87. The fourth-order valence-corrected chi connectivity index (χ4v) is 5.68. The van der Waals surface area contributed by atoms with E-state index in [9.17, 15) is 0 Å². The Hall–Kier alpha value is -0.470. The summed E-state index contributed by atoms with van der Waals surface area (Å²) in [6.07, 6.45) is 7.78. The molecule has 0 aromatic heterocycles. The smallest absolute Gasteiger partial charge is 0.191 e. The van der Waals surface area contributed by atoms with Crippen LogP contribution in [0.1, 0.15) is 36.8 Å². The molecule has 0 radical (unpaired) electrons. The number of hydrogen-bond donors (Lipinski definition) is 2. The van der Waals surface area contributed by atoms with Crippen molar-refractivity contribution in [2.24, 2.45) is 16.3 Å². The van der Waals surface area contributed by atoms with Crippen LogP contribution < -0.4 is 10.6 Å². The number of hydrogen-bond acceptors (Lipinski definition) is 3. The molecule has 1 saturated heterocycles. The number of aliphatic imine (C=N–C) groups is 1. The number of rotatable bonds is 4. The summed E-state index contributed by atoms with van der Waals surface area (Å²) in [6.45, 7) is 3.88. The van der Waals surface area contributed by atoms with Gasteiger partial charge in [0, 0.05) is 42.5 Å². The van der Waals surface area contributed by atoms with Crippen LogP contribution in [0.5, 0.6) is 0 Å². The molecule has 1 spiro atoms. The van der Waals surface area contributed by atoms with Gasteiger partial charge in [-0.2, -0.15) is 0 Å². The Morgan fingerprint density at radius 3 is 2.85 bits per heavy atom. The quantitative estimate of drug-likeness (QED) is 0.292. The largest absolute Gasteiger partial charge is 0.377 e. The second kappa shape index (κ2) is 8.27. The molecule has 3 aliphatic rings. The van der Waals surface area contributed by atoms with Crippen LogP contribution in [-0.2, 0) is 11.3 Å². The zero-order chi connectivity index (χ0) is 17.4. The highest BCUT2D eigenvalue weighted by Gasteiger charge is 2.66. The normalized spacial score (nSPS) is 28.6. The molecular weight excluding hydrogens is 457 g/mol. The van der Waals surface area contributed by atoms with Crippen LogP contribution in [0.4, 0.5) is 0 Å². The van der Waals surface area contributed by atoms with Gasteiger partial charge in [0.15, 0.2) is 5.96 Å². The van der Waals surface area contributed by atoms with E-state index in [1.807, 2.05) is 7.05 Å². The van der Waals surface area contributed by atoms with E-state index < -0.39 is 0 Å². The molecule has 3 atom stereocenters. The molecule has 0 amide bonds. The van der Waals surface area contributed by atoms with Crippen LogP contribution in [0.25, 0.3) is 0 Å². The Bertz CT molecular complexity index is 677. The zero-order valence-electron chi connectivity index (χ0n) is 15.9. The molecule has 6 heteroatoms. The molecule has 1 heterocycles. The molecule has 26 heavy (non-hydrogen) atoms. The SMILES string of the molecule is CN=C(NCc1ccc(C)cc1SC)NC1C2CCOC2C12CCC2.I. The van der Waals surface area contributed by atoms with E-state index in [2.05, 4.69) is 47.0 Å². The molecule has 4 nitrogen and oxygen atoms in total. The summed E-state index contributed by atoms with van der Waals surface area (Å²) in [5.74, 6) is 1.59. The van der Waals surface area contributed by atoms with E-state index in [1.54, 1.807) is 11.8 Å². The zero-order valence-corrected chi connectivity index (χ0v) is 19.0. The molecule has 2 saturated carbocycles. The number of nitrogens with zero attached hydrogens (tertiary/aromatic N) is 1. The summed E-state index contributed by atoms with van der Waals surface area (Å²) >= 11 is 1.81. The number of nitrogens with one attached hydrogen (secondary N) is 2. The summed E-state index contributed by atoms with van der Waals surface area (Å²) in [5, 5.41) is 7.27. The minimum absolute atomic E-state index is 0. The molecule has 0 bridgehead atoms. The molecule has 3 unspecified atom stereocenters. The first kappa shape index (κ1) is 20.3. The Morgan fingerprint density at radius 1 is 1.38 bits per heavy atom. The van der Waals surface area contributed by atoms with E-state index in [4.69, 9.17) is 4.74 Å². The molecule has 144 valence electrons. The third-order valence-corrected chi connectivity index (χ3v) is 7.26. The van der Waals surface area contributed by atoms with Crippen molar-refractivity contribution in [2.45, 2.75) is 56.2 Å². The second-order valence-corrected chi connectivity index (χ2v) is 8.54. The molecule has 1 aliphatic heterocycles. The molecule has 4 rings (SSSR count). The van der Waals surface area contributed by atoms with Crippen molar-refractivity contribution in [1.29, 1.82) is 0 Å². The van der Waals surface area contributed by atoms with Crippen molar-refractivity contribution >= 4 is 41.7 Å². The predicted octanol–water partition coefficient (Wildman–Crippen LogP) is 3.96. The number of thioether (sulfide) groups is 1. The van der Waals surface area contributed by atoms with Crippen LogP contribution in [0.2, 0.25) is 0 Å². The molecule has 3 fully saturated rings. The standard InChI is InChI=1S/C20H29N3OS.HI/c1-13-5-6-14(16(11-13)25-3)12-22-19(21-2)23-17-15-7-10-24-18(15)20(17)8-4-9-20;/h5-6,11,15,17-18H,4,7-10,12H2,1-3H3,(H2,21,22,23);1H. The lowest BCUT2D eigenvalue weighted by molar-refractivity contribution is -0.171. The van der Waals surface area contributed by atoms with Crippen molar-refractivity contribution in [3.63, 3.8) is 0 Å². The molecular formula is C20H30IN3OS. The van der Waals surface area contributed by atoms with Gasteiger partial charge in [-0.3, -0.25) is 4.99 Å². The number of halogens is 1. The lowest BCUT2D eigenvalue weighted by Gasteiger charge is -2.63. The molecule has 1 aromatic carbocycles. The van der Waals surface area contributed by atoms with Gasteiger partial charge in [-0.25, -0.2) is 0 Å². The van der Waals surface area contributed by atoms with Crippen LogP contribution in [-0.4, -0.2) is 38.0 Å². The number of benzene rings is 1. The average Bonchev–Trinajstić information content (AvgIpc) is 2.99. The fourth-order valence-electron chi connectivity index (χ4n) is 4.97. The van der Waals surface area contributed by atoms with Gasteiger partial charge < -0.3 is 15.4 Å². The van der Waals surface area contributed by atoms with E-state index in [0.29, 0.717) is 23.5 Å². The van der Waals surface area contributed by atoms with Crippen LogP contribution in [0.15, 0.2) is 28.1 Å². The van der Waals surface area contributed by atoms with Gasteiger partial charge in [-0.05, 0) is 49.6 Å². The fraction of sp³-hybridized carbons (Fsp3) is 0.650. The first-order chi connectivity index (χ1) is 12.2. The summed E-state index contributed by atoms with van der Waals surface area (Å²) < 4.78 is 6.02. The topological polar surface area (TPSA) is 45.7 Å². The average molecular weight is 487 g/mol. The van der Waals surface area contributed by atoms with Gasteiger partial charge in [0.2, 0.25) is 0 Å². The van der Waals surface area contributed by atoms with Crippen LogP contribution >= 0.6 is 35.7 Å². The van der Waals surface area contributed by atoms with Crippen molar-refractivity contribution in [3.8, 4) is 0 Å². The lowest BCUT2D eigenvalue weighted by atomic mass is 9.46. The maximum absolute atomic E-state index is 6.02. The monoisotopic (exact) mass is 487 g/mol. The number of ether oxygens (including phenoxy) is 1. The Balaban J connectivity index is 0.00000196. The van der Waals surface area contributed by atoms with Crippen LogP contribution in [0.3, 0.4) is 0 Å². The van der Waals surface area contributed by atoms with E-state index in [0.717, 1.165) is 19.1 Å². The van der Waals surface area contributed by atoms with Gasteiger partial charge in [0.05, 0.1) is 6.10 Å². The third kappa shape index (κ3) is 3.37. The van der Waals surface area contributed by atoms with E-state index >= 15 is 0 Å². The van der Waals surface area contributed by atoms with E-state index in [-0.39, 0.29) is 24.0 Å². The van der Waals surface area contributed by atoms with Gasteiger partial charge in [-0.1, -0.05) is 18.6 Å². The number of fused-ring (bicyclic) bond motifs is 2. The predicted molar refractivity (Wildman–Crippen MR) is 120 cm³/mol. The summed E-state index contributed by atoms with van der Waals surface area (Å²) in [4.78, 5) is 5.82. The van der Waals surface area contributed by atoms with Gasteiger partial charge in [-0.15, -0.1) is 35.7 Å². The maximum Gasteiger partial charge on any atom is 0.191 e. The minimum Gasteiger partial charge on any atom is -0.377 e. The van der Waals surface area contributed by atoms with Crippen LogP contribution in [0, 0.1) is 18.3 Å². The first-order valence-electron chi connectivity index (χ1n) is 9.40. The van der Waals surface area contributed by atoms with Gasteiger partial charge in [0.1, 0.15) is 0 Å². The first-order valence-corrected chi connectivity index (χ1v) is 10.6. The molecule has 2 aliphatic carbocycles. The highest BCUT2D eigenvalue weighted by atomic mass is 127. The summed E-state index contributed by atoms with van der Waals surface area (Å²) in [5.41, 5.74) is 3.02. The Morgan fingerprint density at radius 2 is 2.19 bits per heavy atom. The maximum atomic E-state index is 6.02. The highest BCUT2D eigenvalue weighted by Crippen LogP contribution is 2.62. The lowest BCUT2D eigenvalue weighted by Crippen LogP contribution is -2.72. The van der Waals surface area contributed by atoms with Gasteiger partial charge in [0.25, 0.3) is 0 Å². The Kier molecular flexibility index (Phi) is 6.45. The molecule has 2 N–H and O–H groups in total. The number of guanidine groups is 1. The van der Waals surface area contributed by atoms with Gasteiger partial charge >= 0.3 is 0 Å². The van der Waals surface area contributed by atoms with E-state index in [1.165, 1.54) is 41.7 Å². The second-order valence-electron chi connectivity index (χ2n) is 7.69. The van der Waals surface area contributed by atoms with Crippen molar-refractivity contribution in [2.75, 3.05) is 19.9 Å². The van der Waals surface area contributed by atoms with Crippen molar-refractivity contribution < 1.29 is 4.74 Å². The third-order valence-electron chi connectivity index (χ3n) is 6.44. The minimum atomic E-state index is 0. The number of aryl methyl sites for hydroxylation is 1. The van der Waals surface area contributed by atoms with Crippen molar-refractivity contribution in [1.82, 2.24) is 10.6 Å².